The third-order valence-corrected chi connectivity index (χ3v) is 3.49. The number of hydrogen-bond donors (Lipinski definition) is 1. The van der Waals surface area contributed by atoms with Crippen molar-refractivity contribution in [3.05, 3.63) is 65.7 Å². The minimum atomic E-state index is -4.52. The number of rotatable bonds is 2. The number of hydrogen-bond acceptors (Lipinski definition) is 2. The first-order valence-electron chi connectivity index (χ1n) is 6.74. The number of fused-ring (bicyclic) bond motifs is 1. The van der Waals surface area contributed by atoms with E-state index in [-0.39, 0.29) is 16.8 Å². The van der Waals surface area contributed by atoms with Gasteiger partial charge in [-0.25, -0.2) is 4.98 Å². The van der Waals surface area contributed by atoms with Crippen LogP contribution in [0.3, 0.4) is 0 Å². The van der Waals surface area contributed by atoms with Crippen molar-refractivity contribution in [1.82, 2.24) is 4.98 Å². The molecule has 3 nitrogen and oxygen atoms in total. The Kier molecular flexibility index (Phi) is 3.52. The van der Waals surface area contributed by atoms with E-state index in [0.717, 1.165) is 6.07 Å². The molecule has 0 aliphatic carbocycles. The van der Waals surface area contributed by atoms with Crippen LogP contribution in [-0.4, -0.2) is 10.9 Å². The molecule has 23 heavy (non-hydrogen) atoms. The summed E-state index contributed by atoms with van der Waals surface area (Å²) in [5, 5.41) is 0.508. The zero-order valence-corrected chi connectivity index (χ0v) is 11.8. The van der Waals surface area contributed by atoms with Crippen LogP contribution in [0.2, 0.25) is 0 Å². The molecule has 3 rings (SSSR count). The average molecular weight is 316 g/mol. The quantitative estimate of drug-likeness (QED) is 0.776. The van der Waals surface area contributed by atoms with Crippen LogP contribution in [0.5, 0.6) is 0 Å². The van der Waals surface area contributed by atoms with Gasteiger partial charge in [-0.15, -0.1) is 0 Å². The minimum Gasteiger partial charge on any atom is -0.366 e. The number of amides is 1. The number of pyridine rings is 1. The SMILES string of the molecule is NC(=O)c1cc(-c2ccccc2C(F)(F)F)nc2ccccc12. The molecule has 6 heteroatoms. The molecular weight excluding hydrogens is 305 g/mol. The summed E-state index contributed by atoms with van der Waals surface area (Å²) in [5.74, 6) is -0.714. The highest BCUT2D eigenvalue weighted by molar-refractivity contribution is 6.06. The van der Waals surface area contributed by atoms with E-state index in [1.807, 2.05) is 0 Å². The summed E-state index contributed by atoms with van der Waals surface area (Å²) in [6, 6.07) is 13.1. The van der Waals surface area contributed by atoms with Gasteiger partial charge in [0.05, 0.1) is 22.3 Å². The van der Waals surface area contributed by atoms with Crippen LogP contribution in [0.4, 0.5) is 13.2 Å². The Labute approximate surface area is 129 Å². The Bertz CT molecular complexity index is 904. The molecule has 0 aliphatic rings. The summed E-state index contributed by atoms with van der Waals surface area (Å²) in [5.41, 5.74) is 5.08. The van der Waals surface area contributed by atoms with Gasteiger partial charge in [-0.3, -0.25) is 4.79 Å². The Hall–Kier alpha value is -2.89. The molecule has 1 amide bonds. The summed E-state index contributed by atoms with van der Waals surface area (Å²) in [6.07, 6.45) is -4.52. The maximum absolute atomic E-state index is 13.2. The van der Waals surface area contributed by atoms with Gasteiger partial charge in [-0.05, 0) is 18.2 Å². The lowest BCUT2D eigenvalue weighted by molar-refractivity contribution is -0.137. The highest BCUT2D eigenvalue weighted by Gasteiger charge is 2.33. The number of alkyl halides is 3. The van der Waals surface area contributed by atoms with Gasteiger partial charge in [0.25, 0.3) is 0 Å². The molecule has 0 radical (unpaired) electrons. The van der Waals surface area contributed by atoms with Crippen molar-refractivity contribution in [2.24, 2.45) is 5.73 Å². The third kappa shape index (κ3) is 2.75. The van der Waals surface area contributed by atoms with Crippen LogP contribution < -0.4 is 5.73 Å². The summed E-state index contributed by atoms with van der Waals surface area (Å²) in [7, 11) is 0. The summed E-state index contributed by atoms with van der Waals surface area (Å²) < 4.78 is 39.6. The van der Waals surface area contributed by atoms with Gasteiger partial charge in [0, 0.05) is 10.9 Å². The second-order valence-corrected chi connectivity index (χ2v) is 4.98. The highest BCUT2D eigenvalue weighted by Crippen LogP contribution is 2.37. The second kappa shape index (κ2) is 5.39. The molecule has 0 saturated heterocycles. The first-order chi connectivity index (χ1) is 10.9. The molecule has 0 fully saturated rings. The number of carbonyl (C=O) groups excluding carboxylic acids is 1. The first-order valence-corrected chi connectivity index (χ1v) is 6.74. The fraction of sp³-hybridized carbons (Fsp3) is 0.0588. The number of nitrogens with zero attached hydrogens (tertiary/aromatic N) is 1. The van der Waals surface area contributed by atoms with Crippen molar-refractivity contribution >= 4 is 16.8 Å². The van der Waals surface area contributed by atoms with E-state index < -0.39 is 17.6 Å². The standard InChI is InChI=1S/C17H11F3N2O/c18-17(19,20)13-7-3-1-6-11(13)15-9-12(16(21)23)10-5-2-4-8-14(10)22-15/h1-9H,(H2,21,23). The maximum Gasteiger partial charge on any atom is 0.417 e. The first kappa shape index (κ1) is 15.0. The summed E-state index contributed by atoms with van der Waals surface area (Å²) in [6.45, 7) is 0. The molecule has 2 aromatic carbocycles. The molecule has 0 unspecified atom stereocenters. The lowest BCUT2D eigenvalue weighted by atomic mass is 10.00. The van der Waals surface area contributed by atoms with Gasteiger partial charge >= 0.3 is 6.18 Å². The van der Waals surface area contributed by atoms with Crippen LogP contribution in [-0.2, 0) is 6.18 Å². The molecular formula is C17H11F3N2O. The maximum atomic E-state index is 13.2. The Morgan fingerprint density at radius 1 is 1.00 bits per heavy atom. The fourth-order valence-electron chi connectivity index (χ4n) is 2.47. The van der Waals surface area contributed by atoms with Crippen LogP contribution in [0.1, 0.15) is 15.9 Å². The van der Waals surface area contributed by atoms with Gasteiger partial charge in [0.1, 0.15) is 0 Å². The molecule has 1 aromatic heterocycles. The zero-order chi connectivity index (χ0) is 16.6. The molecule has 3 aromatic rings. The molecule has 0 saturated carbocycles. The lowest BCUT2D eigenvalue weighted by Crippen LogP contribution is -2.13. The number of primary amides is 1. The van der Waals surface area contributed by atoms with Crippen LogP contribution in [0, 0.1) is 0 Å². The van der Waals surface area contributed by atoms with E-state index in [4.69, 9.17) is 5.73 Å². The van der Waals surface area contributed by atoms with Crippen LogP contribution in [0.25, 0.3) is 22.2 Å². The van der Waals surface area contributed by atoms with E-state index in [0.29, 0.717) is 10.9 Å². The smallest absolute Gasteiger partial charge is 0.366 e. The normalized spacial score (nSPS) is 11.6. The van der Waals surface area contributed by atoms with Crippen molar-refractivity contribution in [1.29, 1.82) is 0 Å². The van der Waals surface area contributed by atoms with Gasteiger partial charge in [0.15, 0.2) is 0 Å². The highest BCUT2D eigenvalue weighted by atomic mass is 19.4. The Balaban J connectivity index is 2.32. The largest absolute Gasteiger partial charge is 0.417 e. The topological polar surface area (TPSA) is 56.0 Å². The number of aromatic nitrogens is 1. The van der Waals surface area contributed by atoms with Gasteiger partial charge in [-0.1, -0.05) is 36.4 Å². The van der Waals surface area contributed by atoms with Crippen molar-refractivity contribution in [3.8, 4) is 11.3 Å². The summed E-state index contributed by atoms with van der Waals surface area (Å²) >= 11 is 0. The Morgan fingerprint density at radius 2 is 1.65 bits per heavy atom. The van der Waals surface area contributed by atoms with Crippen molar-refractivity contribution in [2.75, 3.05) is 0 Å². The van der Waals surface area contributed by atoms with Crippen molar-refractivity contribution in [2.45, 2.75) is 6.18 Å². The van der Waals surface area contributed by atoms with Gasteiger partial charge < -0.3 is 5.73 Å². The van der Waals surface area contributed by atoms with Crippen LogP contribution >= 0.6 is 0 Å². The lowest BCUT2D eigenvalue weighted by Gasteiger charge is -2.13. The molecule has 1 heterocycles. The predicted octanol–water partition coefficient (Wildman–Crippen LogP) is 4.02. The second-order valence-electron chi connectivity index (χ2n) is 4.98. The zero-order valence-electron chi connectivity index (χ0n) is 11.8. The van der Waals surface area contributed by atoms with Gasteiger partial charge in [0.2, 0.25) is 5.91 Å². The molecule has 0 spiro atoms. The molecule has 0 atom stereocenters. The Morgan fingerprint density at radius 3 is 2.35 bits per heavy atom. The van der Waals surface area contributed by atoms with Crippen molar-refractivity contribution in [3.63, 3.8) is 0 Å². The molecule has 2 N–H and O–H groups in total. The van der Waals surface area contributed by atoms with Gasteiger partial charge in [-0.2, -0.15) is 13.2 Å². The van der Waals surface area contributed by atoms with Crippen molar-refractivity contribution < 1.29 is 18.0 Å². The van der Waals surface area contributed by atoms with E-state index in [9.17, 15) is 18.0 Å². The number of carbonyl (C=O) groups is 1. The molecule has 0 bridgehead atoms. The molecule has 116 valence electrons. The number of nitrogens with two attached hydrogens (primary N) is 1. The average Bonchev–Trinajstić information content (AvgIpc) is 2.53. The predicted molar refractivity (Wildman–Crippen MR) is 80.7 cm³/mol. The van der Waals surface area contributed by atoms with E-state index in [1.165, 1.54) is 24.3 Å². The third-order valence-electron chi connectivity index (χ3n) is 3.49. The minimum absolute atomic E-state index is 0.0606. The van der Waals surface area contributed by atoms with E-state index >= 15 is 0 Å². The number of para-hydroxylation sites is 1. The monoisotopic (exact) mass is 316 g/mol. The summed E-state index contributed by atoms with van der Waals surface area (Å²) in [4.78, 5) is 15.9. The fourth-order valence-corrected chi connectivity index (χ4v) is 2.47. The molecule has 0 aliphatic heterocycles. The number of benzene rings is 2. The van der Waals surface area contributed by atoms with E-state index in [1.54, 1.807) is 24.3 Å². The number of halogens is 3. The van der Waals surface area contributed by atoms with E-state index in [2.05, 4.69) is 4.98 Å². The van der Waals surface area contributed by atoms with Crippen LogP contribution in [0.15, 0.2) is 54.6 Å².